The topological polar surface area (TPSA) is 57.5 Å². The van der Waals surface area contributed by atoms with Crippen LogP contribution in [0.3, 0.4) is 0 Å². The van der Waals surface area contributed by atoms with E-state index in [1.807, 2.05) is 6.92 Å². The average Bonchev–Trinajstić information content (AvgIpc) is 2.23. The van der Waals surface area contributed by atoms with Gasteiger partial charge in [-0.3, -0.25) is 4.79 Å². The first kappa shape index (κ1) is 12.6. The Labute approximate surface area is 95.7 Å². The molecule has 2 N–H and O–H groups in total. The van der Waals surface area contributed by atoms with E-state index in [4.69, 9.17) is 0 Å². The zero-order valence-electron chi connectivity index (χ0n) is 10.0. The molecule has 3 heteroatoms. The van der Waals surface area contributed by atoms with Crippen LogP contribution in [0.2, 0.25) is 0 Å². The quantitative estimate of drug-likeness (QED) is 0.770. The Morgan fingerprint density at radius 2 is 1.94 bits per heavy atom. The summed E-state index contributed by atoms with van der Waals surface area (Å²) in [6, 6.07) is 1.52. The molecule has 1 rings (SSSR count). The third-order valence-electron chi connectivity index (χ3n) is 2.76. The van der Waals surface area contributed by atoms with Crippen LogP contribution in [0.15, 0.2) is 6.07 Å². The molecule has 0 heterocycles. The molecule has 0 unspecified atom stereocenters. The second kappa shape index (κ2) is 5.01. The number of aromatic hydroxyl groups is 2. The number of ketones is 1. The molecule has 1 aromatic rings. The molecule has 0 aliphatic rings. The Hall–Kier alpha value is -1.51. The molecule has 0 atom stereocenters. The van der Waals surface area contributed by atoms with Gasteiger partial charge in [-0.05, 0) is 31.9 Å². The molecule has 0 fully saturated rings. The van der Waals surface area contributed by atoms with Crippen molar-refractivity contribution in [3.05, 3.63) is 22.8 Å². The summed E-state index contributed by atoms with van der Waals surface area (Å²) >= 11 is 0. The minimum atomic E-state index is -0.0846. The predicted octanol–water partition coefficient (Wildman–Crippen LogP) is 3.09. The van der Waals surface area contributed by atoms with Gasteiger partial charge in [0.25, 0.3) is 0 Å². The van der Waals surface area contributed by atoms with E-state index in [0.717, 1.165) is 12.8 Å². The van der Waals surface area contributed by atoms with Gasteiger partial charge in [0.05, 0.1) is 5.56 Å². The van der Waals surface area contributed by atoms with Gasteiger partial charge in [0.1, 0.15) is 11.5 Å². The lowest BCUT2D eigenvalue weighted by Crippen LogP contribution is -2.03. The first-order valence-electron chi connectivity index (χ1n) is 5.54. The van der Waals surface area contributed by atoms with Gasteiger partial charge in [-0.1, -0.05) is 13.3 Å². The lowest BCUT2D eigenvalue weighted by Gasteiger charge is -2.11. The highest BCUT2D eigenvalue weighted by atomic mass is 16.3. The maximum atomic E-state index is 11.9. The number of aryl methyl sites for hydroxylation is 1. The van der Waals surface area contributed by atoms with Crippen LogP contribution in [-0.2, 0) is 0 Å². The van der Waals surface area contributed by atoms with Crippen LogP contribution in [0.4, 0.5) is 0 Å². The molecule has 16 heavy (non-hydrogen) atoms. The normalized spacial score (nSPS) is 10.4. The van der Waals surface area contributed by atoms with E-state index >= 15 is 0 Å². The number of unbranched alkanes of at least 4 members (excludes halogenated alkanes) is 1. The fraction of sp³-hybridized carbons (Fsp3) is 0.462. The number of benzene rings is 1. The van der Waals surface area contributed by atoms with Crippen LogP contribution >= 0.6 is 0 Å². The van der Waals surface area contributed by atoms with Crippen molar-refractivity contribution < 1.29 is 15.0 Å². The second-order valence-corrected chi connectivity index (χ2v) is 4.09. The van der Waals surface area contributed by atoms with Crippen molar-refractivity contribution in [1.29, 1.82) is 0 Å². The van der Waals surface area contributed by atoms with Crippen LogP contribution in [-0.4, -0.2) is 16.0 Å². The van der Waals surface area contributed by atoms with Gasteiger partial charge >= 0.3 is 0 Å². The molecule has 1 aromatic carbocycles. The van der Waals surface area contributed by atoms with Gasteiger partial charge in [0.2, 0.25) is 0 Å². The molecular formula is C13H18O3. The number of carbonyl (C=O) groups is 1. The van der Waals surface area contributed by atoms with E-state index in [-0.39, 0.29) is 17.3 Å². The van der Waals surface area contributed by atoms with Gasteiger partial charge < -0.3 is 10.2 Å². The highest BCUT2D eigenvalue weighted by Gasteiger charge is 2.17. The van der Waals surface area contributed by atoms with E-state index in [2.05, 4.69) is 0 Å². The van der Waals surface area contributed by atoms with Crippen LogP contribution in [0, 0.1) is 13.8 Å². The van der Waals surface area contributed by atoms with Gasteiger partial charge in [0, 0.05) is 12.0 Å². The Morgan fingerprint density at radius 1 is 1.31 bits per heavy atom. The largest absolute Gasteiger partial charge is 0.508 e. The number of hydrogen-bond donors (Lipinski definition) is 2. The maximum absolute atomic E-state index is 11.9. The number of phenolic OH excluding ortho intramolecular Hbond substituents is 2. The van der Waals surface area contributed by atoms with Crippen molar-refractivity contribution in [2.75, 3.05) is 0 Å². The van der Waals surface area contributed by atoms with Gasteiger partial charge in [-0.25, -0.2) is 0 Å². The number of hydrogen-bond acceptors (Lipinski definition) is 3. The SMILES string of the molecule is CCCCC(=O)c1c(C)cc(O)c(C)c1O. The maximum Gasteiger partial charge on any atom is 0.166 e. The van der Waals surface area contributed by atoms with Crippen LogP contribution < -0.4 is 0 Å². The molecule has 0 saturated carbocycles. The highest BCUT2D eigenvalue weighted by molar-refractivity contribution is 6.00. The third-order valence-corrected chi connectivity index (χ3v) is 2.76. The molecule has 0 aliphatic carbocycles. The summed E-state index contributed by atoms with van der Waals surface area (Å²) in [4.78, 5) is 11.9. The van der Waals surface area contributed by atoms with Crippen molar-refractivity contribution in [3.63, 3.8) is 0 Å². The summed E-state index contributed by atoms with van der Waals surface area (Å²) in [6.07, 6.45) is 2.20. The number of phenols is 2. The van der Waals surface area contributed by atoms with E-state index in [9.17, 15) is 15.0 Å². The summed E-state index contributed by atoms with van der Waals surface area (Å²) in [6.45, 7) is 5.33. The Kier molecular flexibility index (Phi) is 3.93. The van der Waals surface area contributed by atoms with Gasteiger partial charge in [-0.2, -0.15) is 0 Å². The molecule has 0 saturated heterocycles. The van der Waals surface area contributed by atoms with Crippen molar-refractivity contribution in [3.8, 4) is 11.5 Å². The molecule has 88 valence electrons. The standard InChI is InChI=1S/C13H18O3/c1-4-5-6-10(14)12-8(2)7-11(15)9(3)13(12)16/h7,15-16H,4-6H2,1-3H3. The fourth-order valence-corrected chi connectivity index (χ4v) is 1.70. The Bertz CT molecular complexity index is 408. The summed E-state index contributed by atoms with van der Waals surface area (Å²) in [5, 5.41) is 19.3. The zero-order valence-corrected chi connectivity index (χ0v) is 10.0. The first-order chi connectivity index (χ1) is 7.49. The number of carbonyl (C=O) groups excluding carboxylic acids is 1. The molecule has 0 radical (unpaired) electrons. The van der Waals surface area contributed by atoms with Gasteiger partial charge in [-0.15, -0.1) is 0 Å². The predicted molar refractivity (Wildman–Crippen MR) is 63.1 cm³/mol. The van der Waals surface area contributed by atoms with Crippen molar-refractivity contribution in [2.24, 2.45) is 0 Å². The third kappa shape index (κ3) is 2.35. The summed E-state index contributed by atoms with van der Waals surface area (Å²) in [7, 11) is 0. The van der Waals surface area contributed by atoms with E-state index in [1.165, 1.54) is 6.07 Å². The van der Waals surface area contributed by atoms with E-state index in [0.29, 0.717) is 23.1 Å². The zero-order chi connectivity index (χ0) is 12.3. The van der Waals surface area contributed by atoms with Crippen LogP contribution in [0.5, 0.6) is 11.5 Å². The van der Waals surface area contributed by atoms with E-state index in [1.54, 1.807) is 13.8 Å². The van der Waals surface area contributed by atoms with Crippen molar-refractivity contribution in [2.45, 2.75) is 40.0 Å². The summed E-state index contributed by atoms with van der Waals surface area (Å²) < 4.78 is 0. The number of rotatable bonds is 4. The monoisotopic (exact) mass is 222 g/mol. The van der Waals surface area contributed by atoms with Crippen molar-refractivity contribution >= 4 is 5.78 Å². The summed E-state index contributed by atoms with van der Waals surface area (Å²) in [5.41, 5.74) is 1.34. The Balaban J connectivity index is 3.13. The Morgan fingerprint density at radius 3 is 2.50 bits per heavy atom. The molecule has 0 aromatic heterocycles. The first-order valence-corrected chi connectivity index (χ1v) is 5.54. The minimum Gasteiger partial charge on any atom is -0.508 e. The fourth-order valence-electron chi connectivity index (χ4n) is 1.70. The lowest BCUT2D eigenvalue weighted by molar-refractivity contribution is 0.0976. The summed E-state index contributed by atoms with van der Waals surface area (Å²) in [5.74, 6) is -0.111. The molecule has 0 amide bonds. The van der Waals surface area contributed by atoms with Crippen LogP contribution in [0.1, 0.15) is 47.7 Å². The van der Waals surface area contributed by atoms with Crippen LogP contribution in [0.25, 0.3) is 0 Å². The molecule has 3 nitrogen and oxygen atoms in total. The smallest absolute Gasteiger partial charge is 0.166 e. The molecular weight excluding hydrogens is 204 g/mol. The average molecular weight is 222 g/mol. The van der Waals surface area contributed by atoms with E-state index < -0.39 is 0 Å². The minimum absolute atomic E-state index is 0.0297. The van der Waals surface area contributed by atoms with Gasteiger partial charge in [0.15, 0.2) is 5.78 Å². The number of Topliss-reactive ketones (excluding diaryl/α,β-unsaturated/α-hetero) is 1. The molecule has 0 aliphatic heterocycles. The molecule has 0 bridgehead atoms. The molecule has 0 spiro atoms. The lowest BCUT2D eigenvalue weighted by atomic mass is 9.96. The second-order valence-electron chi connectivity index (χ2n) is 4.09. The van der Waals surface area contributed by atoms with Crippen molar-refractivity contribution in [1.82, 2.24) is 0 Å². The highest BCUT2D eigenvalue weighted by Crippen LogP contribution is 2.33.